The lowest BCUT2D eigenvalue weighted by Crippen LogP contribution is -2.19. The molecule has 0 radical (unpaired) electrons. The molecule has 0 saturated heterocycles. The number of nitrogens with one attached hydrogen (secondary N) is 2. The molecule has 1 atom stereocenters. The molecule has 0 fully saturated rings. The first kappa shape index (κ1) is 18.7. The van der Waals surface area contributed by atoms with E-state index < -0.39 is 11.6 Å². The second-order valence-electron chi connectivity index (χ2n) is 6.29. The number of carbonyl (C=O) groups excluding carboxylic acids is 1. The van der Waals surface area contributed by atoms with E-state index in [2.05, 4.69) is 10.6 Å². The largest absolute Gasteiger partial charge is 0.322 e. The molecule has 0 unspecified atom stereocenters. The molecule has 0 bridgehead atoms. The van der Waals surface area contributed by atoms with Gasteiger partial charge in [-0.25, -0.2) is 8.78 Å². The van der Waals surface area contributed by atoms with Crippen LogP contribution in [0.4, 0.5) is 14.5 Å². The Morgan fingerprint density at radius 2 is 1.67 bits per heavy atom. The second-order valence-corrected chi connectivity index (χ2v) is 6.29. The molecule has 3 rings (SSSR count). The highest BCUT2D eigenvalue weighted by Crippen LogP contribution is 2.18. The van der Waals surface area contributed by atoms with Crippen molar-refractivity contribution in [3.63, 3.8) is 0 Å². The summed E-state index contributed by atoms with van der Waals surface area (Å²) in [5, 5.41) is 6.03. The van der Waals surface area contributed by atoms with E-state index in [1.807, 2.05) is 49.4 Å². The predicted molar refractivity (Wildman–Crippen MR) is 102 cm³/mol. The minimum Gasteiger partial charge on any atom is -0.322 e. The summed E-state index contributed by atoms with van der Waals surface area (Å²) in [7, 11) is 0. The van der Waals surface area contributed by atoms with Crippen LogP contribution >= 0.6 is 0 Å². The van der Waals surface area contributed by atoms with Gasteiger partial charge in [-0.1, -0.05) is 36.4 Å². The Morgan fingerprint density at radius 3 is 2.33 bits per heavy atom. The molecule has 138 valence electrons. The van der Waals surface area contributed by atoms with Crippen LogP contribution in [0.5, 0.6) is 0 Å². The van der Waals surface area contributed by atoms with Crippen LogP contribution in [0.25, 0.3) is 0 Å². The van der Waals surface area contributed by atoms with Gasteiger partial charge in [0.15, 0.2) is 0 Å². The number of hydrogen-bond donors (Lipinski definition) is 2. The molecule has 0 spiro atoms. The number of benzene rings is 3. The van der Waals surface area contributed by atoms with E-state index in [4.69, 9.17) is 0 Å². The van der Waals surface area contributed by atoms with Crippen LogP contribution in [-0.4, -0.2) is 5.91 Å². The lowest BCUT2D eigenvalue weighted by atomic mass is 10.1. The minimum atomic E-state index is -0.590. The third kappa shape index (κ3) is 4.99. The molecule has 5 heteroatoms. The van der Waals surface area contributed by atoms with Gasteiger partial charge in [0.2, 0.25) is 0 Å². The number of amides is 1. The van der Waals surface area contributed by atoms with Crippen molar-refractivity contribution in [2.24, 2.45) is 0 Å². The maximum atomic E-state index is 13.8. The lowest BCUT2D eigenvalue weighted by Gasteiger charge is -2.15. The topological polar surface area (TPSA) is 41.1 Å². The molecule has 3 aromatic carbocycles. The van der Waals surface area contributed by atoms with Crippen molar-refractivity contribution in [3.05, 3.63) is 101 Å². The standard InChI is InChI=1S/C22H20F2N2O/c1-15(20-12-11-18(23)13-21(20)24)25-14-16-7-9-17(10-8-16)22(27)26-19-5-3-2-4-6-19/h2-13,15,25H,14H2,1H3,(H,26,27)/t15-/m1/s1. The Balaban J connectivity index is 1.58. The Morgan fingerprint density at radius 1 is 0.963 bits per heavy atom. The van der Waals surface area contributed by atoms with Gasteiger partial charge in [0.1, 0.15) is 11.6 Å². The van der Waals surface area contributed by atoms with Crippen molar-refractivity contribution in [2.45, 2.75) is 19.5 Å². The summed E-state index contributed by atoms with van der Waals surface area (Å²) in [6.07, 6.45) is 0. The quantitative estimate of drug-likeness (QED) is 0.640. The van der Waals surface area contributed by atoms with Gasteiger partial charge in [0.05, 0.1) is 0 Å². The molecule has 0 aliphatic rings. The van der Waals surface area contributed by atoms with Gasteiger partial charge >= 0.3 is 0 Å². The summed E-state index contributed by atoms with van der Waals surface area (Å²) < 4.78 is 26.8. The first-order chi connectivity index (χ1) is 13.0. The van der Waals surface area contributed by atoms with Gasteiger partial charge in [-0.05, 0) is 42.8 Å². The summed E-state index contributed by atoms with van der Waals surface area (Å²) >= 11 is 0. The van der Waals surface area contributed by atoms with Crippen LogP contribution < -0.4 is 10.6 Å². The van der Waals surface area contributed by atoms with Crippen molar-refractivity contribution in [2.75, 3.05) is 5.32 Å². The Kier molecular flexibility index (Phi) is 5.94. The predicted octanol–water partition coefficient (Wildman–Crippen LogP) is 5.07. The van der Waals surface area contributed by atoms with E-state index in [0.29, 0.717) is 17.7 Å². The fraction of sp³-hybridized carbons (Fsp3) is 0.136. The second kappa shape index (κ2) is 8.56. The zero-order chi connectivity index (χ0) is 19.2. The molecule has 0 aliphatic heterocycles. The van der Waals surface area contributed by atoms with Crippen LogP contribution in [0, 0.1) is 11.6 Å². The third-order valence-electron chi connectivity index (χ3n) is 4.29. The van der Waals surface area contributed by atoms with E-state index in [1.54, 1.807) is 12.1 Å². The van der Waals surface area contributed by atoms with Crippen LogP contribution in [0.1, 0.15) is 34.5 Å². The van der Waals surface area contributed by atoms with Crippen molar-refractivity contribution in [1.82, 2.24) is 5.32 Å². The number of para-hydroxylation sites is 1. The normalized spacial score (nSPS) is 11.8. The van der Waals surface area contributed by atoms with Gasteiger partial charge < -0.3 is 10.6 Å². The minimum absolute atomic E-state index is 0.178. The van der Waals surface area contributed by atoms with Crippen LogP contribution in [0.3, 0.4) is 0 Å². The van der Waals surface area contributed by atoms with E-state index in [0.717, 1.165) is 17.3 Å². The Bertz CT molecular complexity index is 911. The summed E-state index contributed by atoms with van der Waals surface area (Å²) in [5.41, 5.74) is 2.67. The lowest BCUT2D eigenvalue weighted by molar-refractivity contribution is 0.102. The maximum Gasteiger partial charge on any atom is 0.255 e. The first-order valence-corrected chi connectivity index (χ1v) is 8.66. The summed E-state index contributed by atoms with van der Waals surface area (Å²) in [4.78, 5) is 12.2. The zero-order valence-electron chi connectivity index (χ0n) is 14.9. The van der Waals surface area contributed by atoms with Gasteiger partial charge in [0.25, 0.3) is 5.91 Å². The SMILES string of the molecule is C[C@@H](NCc1ccc(C(=O)Nc2ccccc2)cc1)c1ccc(F)cc1F. The van der Waals surface area contributed by atoms with Gasteiger partial charge in [-0.15, -0.1) is 0 Å². The summed E-state index contributed by atoms with van der Waals surface area (Å²) in [5.74, 6) is -1.33. The van der Waals surface area contributed by atoms with Crippen molar-refractivity contribution in [1.29, 1.82) is 0 Å². The number of halogens is 2. The number of rotatable bonds is 6. The van der Waals surface area contributed by atoms with Gasteiger partial charge in [0, 0.05) is 35.5 Å². The van der Waals surface area contributed by atoms with Crippen molar-refractivity contribution >= 4 is 11.6 Å². The van der Waals surface area contributed by atoms with Crippen LogP contribution in [0.15, 0.2) is 72.8 Å². The van der Waals surface area contributed by atoms with E-state index in [1.165, 1.54) is 12.1 Å². The first-order valence-electron chi connectivity index (χ1n) is 8.66. The van der Waals surface area contributed by atoms with Crippen LogP contribution in [-0.2, 0) is 6.54 Å². The van der Waals surface area contributed by atoms with E-state index >= 15 is 0 Å². The zero-order valence-corrected chi connectivity index (χ0v) is 14.9. The molecular formula is C22H20F2N2O. The molecule has 3 nitrogen and oxygen atoms in total. The maximum absolute atomic E-state index is 13.8. The number of anilines is 1. The van der Waals surface area contributed by atoms with Gasteiger partial charge in [-0.3, -0.25) is 4.79 Å². The molecule has 2 N–H and O–H groups in total. The highest BCUT2D eigenvalue weighted by atomic mass is 19.1. The molecule has 1 amide bonds. The highest BCUT2D eigenvalue weighted by Gasteiger charge is 2.11. The Labute approximate surface area is 157 Å². The molecule has 0 heterocycles. The molecule has 0 aromatic heterocycles. The fourth-order valence-electron chi connectivity index (χ4n) is 2.73. The summed E-state index contributed by atoms with van der Waals surface area (Å²) in [6, 6.07) is 19.7. The molecule has 3 aromatic rings. The molecular weight excluding hydrogens is 346 g/mol. The van der Waals surface area contributed by atoms with Crippen LogP contribution in [0.2, 0.25) is 0 Å². The molecule has 0 aliphatic carbocycles. The Hall–Kier alpha value is -3.05. The smallest absolute Gasteiger partial charge is 0.255 e. The molecule has 27 heavy (non-hydrogen) atoms. The van der Waals surface area contributed by atoms with E-state index in [-0.39, 0.29) is 11.9 Å². The average molecular weight is 366 g/mol. The van der Waals surface area contributed by atoms with E-state index in [9.17, 15) is 13.6 Å². The highest BCUT2D eigenvalue weighted by molar-refractivity contribution is 6.04. The average Bonchev–Trinajstić information content (AvgIpc) is 2.67. The van der Waals surface area contributed by atoms with Crippen molar-refractivity contribution in [3.8, 4) is 0 Å². The van der Waals surface area contributed by atoms with Crippen molar-refractivity contribution < 1.29 is 13.6 Å². The molecule has 0 saturated carbocycles. The number of carbonyl (C=O) groups is 1. The fourth-order valence-corrected chi connectivity index (χ4v) is 2.73. The number of hydrogen-bond acceptors (Lipinski definition) is 2. The third-order valence-corrected chi connectivity index (χ3v) is 4.29. The monoisotopic (exact) mass is 366 g/mol. The summed E-state index contributed by atoms with van der Waals surface area (Å²) in [6.45, 7) is 2.32. The van der Waals surface area contributed by atoms with Gasteiger partial charge in [-0.2, -0.15) is 0 Å².